The average molecular weight is 723 g/mol. The van der Waals surface area contributed by atoms with Crippen molar-refractivity contribution >= 4 is 20.1 Å². The molecule has 290 valence electrons. The number of esters is 1. The predicted molar refractivity (Wildman–Crippen MR) is 201 cm³/mol. The van der Waals surface area contributed by atoms with Gasteiger partial charge in [0.1, 0.15) is 18.7 Å². The standard InChI is InChI=1S/C41H74O8Si/c1-6-7-8-9-10-11-15-18-21-40(49-50(3,4)5)39-27-26-38(48-39)36-25-24-35(44-30-45-36)37-23-22-33(46-37)19-16-13-12-14-17-20-34-29-32(28-31(2)42)41(43)47-34/h32-40H,6-30H2,1-5H3/t32-,33-,34-,35+,36-,37+,38-,39-,40-/m1/s1. The third-order valence-corrected chi connectivity index (χ3v) is 12.4. The van der Waals surface area contributed by atoms with Crippen LogP contribution in [0.25, 0.3) is 0 Å². The minimum atomic E-state index is -1.67. The molecule has 0 spiro atoms. The third-order valence-electron chi connectivity index (χ3n) is 11.4. The second kappa shape index (κ2) is 22.4. The van der Waals surface area contributed by atoms with Crippen LogP contribution in [0.4, 0.5) is 0 Å². The van der Waals surface area contributed by atoms with Crippen molar-refractivity contribution in [2.45, 2.75) is 236 Å². The lowest BCUT2D eigenvalue weighted by molar-refractivity contribution is -0.154. The quantitative estimate of drug-likeness (QED) is 0.0553. The van der Waals surface area contributed by atoms with Crippen molar-refractivity contribution < 1.29 is 37.7 Å². The summed E-state index contributed by atoms with van der Waals surface area (Å²) in [5, 5.41) is 0. The lowest BCUT2D eigenvalue weighted by Gasteiger charge is -2.31. The Morgan fingerprint density at radius 1 is 0.720 bits per heavy atom. The molecule has 0 aromatic carbocycles. The third kappa shape index (κ3) is 15.3. The van der Waals surface area contributed by atoms with E-state index < -0.39 is 8.32 Å². The van der Waals surface area contributed by atoms with Gasteiger partial charge in [-0.1, -0.05) is 84.0 Å². The molecule has 8 nitrogen and oxygen atoms in total. The number of rotatable bonds is 24. The maximum absolute atomic E-state index is 12.0. The molecule has 0 aromatic rings. The van der Waals surface area contributed by atoms with Gasteiger partial charge in [0, 0.05) is 6.42 Å². The van der Waals surface area contributed by atoms with E-state index in [-0.39, 0.29) is 60.4 Å². The van der Waals surface area contributed by atoms with Crippen molar-refractivity contribution in [1.29, 1.82) is 0 Å². The molecule has 0 amide bonds. The number of cyclic esters (lactones) is 1. The highest BCUT2D eigenvalue weighted by molar-refractivity contribution is 6.69. The first-order valence-corrected chi connectivity index (χ1v) is 24.4. The fourth-order valence-corrected chi connectivity index (χ4v) is 9.87. The van der Waals surface area contributed by atoms with Crippen LogP contribution in [0.15, 0.2) is 0 Å². The summed E-state index contributed by atoms with van der Waals surface area (Å²) in [7, 11) is -1.67. The summed E-state index contributed by atoms with van der Waals surface area (Å²) < 4.78 is 38.0. The Morgan fingerprint density at radius 3 is 1.92 bits per heavy atom. The summed E-state index contributed by atoms with van der Waals surface area (Å²) in [6, 6.07) is 0. The largest absolute Gasteiger partial charge is 0.462 e. The molecular weight excluding hydrogens is 649 g/mol. The van der Waals surface area contributed by atoms with Crippen LogP contribution in [0, 0.1) is 5.92 Å². The Balaban J connectivity index is 1.07. The van der Waals surface area contributed by atoms with Crippen LogP contribution >= 0.6 is 0 Å². The SMILES string of the molecule is CCCCCCCCCC[C@@H](O[Si](C)(C)C)[C@H]1CC[C@H]([C@H]2CC[C@@H]([C@@H]3CC[C@@H](CCCCCCC[C@@H]4C[C@@H](CC(C)=O)C(=O)O4)O3)OCO2)O1. The summed E-state index contributed by atoms with van der Waals surface area (Å²) in [6.45, 7) is 11.1. The molecule has 9 heteroatoms. The van der Waals surface area contributed by atoms with E-state index in [1.54, 1.807) is 6.92 Å². The van der Waals surface area contributed by atoms with E-state index in [0.29, 0.717) is 25.7 Å². The topological polar surface area (TPSA) is 89.5 Å². The molecule has 50 heavy (non-hydrogen) atoms. The second-order valence-electron chi connectivity index (χ2n) is 17.0. The molecular formula is C41H74O8Si. The van der Waals surface area contributed by atoms with Crippen LogP contribution in [0.2, 0.25) is 19.6 Å². The highest BCUT2D eigenvalue weighted by atomic mass is 28.4. The van der Waals surface area contributed by atoms with Crippen LogP contribution in [-0.4, -0.2) is 75.7 Å². The summed E-state index contributed by atoms with van der Waals surface area (Å²) in [5.41, 5.74) is 0. The van der Waals surface area contributed by atoms with Gasteiger partial charge in [-0.05, 0) is 97.2 Å². The molecule has 4 saturated heterocycles. The van der Waals surface area contributed by atoms with E-state index in [2.05, 4.69) is 26.6 Å². The van der Waals surface area contributed by atoms with Crippen molar-refractivity contribution in [3.05, 3.63) is 0 Å². The van der Waals surface area contributed by atoms with Gasteiger partial charge in [-0.3, -0.25) is 4.79 Å². The fraction of sp³-hybridized carbons (Fsp3) is 0.951. The van der Waals surface area contributed by atoms with Gasteiger partial charge in [0.25, 0.3) is 0 Å². The molecule has 4 rings (SSSR count). The van der Waals surface area contributed by atoms with E-state index in [1.807, 2.05) is 0 Å². The Bertz CT molecular complexity index is 971. The lowest BCUT2D eigenvalue weighted by Crippen LogP contribution is -2.40. The minimum absolute atomic E-state index is 0.00119. The number of hydrogen-bond donors (Lipinski definition) is 0. The van der Waals surface area contributed by atoms with Crippen molar-refractivity contribution in [2.24, 2.45) is 5.92 Å². The number of Topliss-reactive ketones (excluding diaryl/α,β-unsaturated/α-hetero) is 1. The summed E-state index contributed by atoms with van der Waals surface area (Å²) in [4.78, 5) is 23.3. The van der Waals surface area contributed by atoms with Crippen LogP contribution < -0.4 is 0 Å². The first kappa shape index (κ1) is 41.9. The maximum atomic E-state index is 12.0. The smallest absolute Gasteiger partial charge is 0.309 e. The molecule has 0 radical (unpaired) electrons. The Kier molecular flexibility index (Phi) is 18.8. The number of unbranched alkanes of at least 4 members (excludes halogenated alkanes) is 11. The molecule has 0 unspecified atom stereocenters. The van der Waals surface area contributed by atoms with Gasteiger partial charge in [0.15, 0.2) is 8.32 Å². The summed E-state index contributed by atoms with van der Waals surface area (Å²) in [5.74, 6) is -0.335. The van der Waals surface area contributed by atoms with Crippen LogP contribution in [0.5, 0.6) is 0 Å². The van der Waals surface area contributed by atoms with Gasteiger partial charge < -0.3 is 32.9 Å². The van der Waals surface area contributed by atoms with Gasteiger partial charge in [0.05, 0.1) is 48.6 Å². The van der Waals surface area contributed by atoms with Gasteiger partial charge in [-0.25, -0.2) is 0 Å². The highest BCUT2D eigenvalue weighted by Crippen LogP contribution is 2.35. The molecule has 0 aliphatic carbocycles. The molecule has 4 heterocycles. The summed E-state index contributed by atoms with van der Waals surface area (Å²) in [6.07, 6.45) is 28.1. The van der Waals surface area contributed by atoms with Crippen molar-refractivity contribution in [2.75, 3.05) is 6.79 Å². The molecule has 0 bridgehead atoms. The second-order valence-corrected chi connectivity index (χ2v) is 21.5. The molecule has 0 saturated carbocycles. The number of hydrogen-bond acceptors (Lipinski definition) is 8. The molecule has 0 aromatic heterocycles. The fourth-order valence-electron chi connectivity index (χ4n) is 8.69. The number of carbonyl (C=O) groups excluding carboxylic acids is 2. The van der Waals surface area contributed by atoms with E-state index in [1.165, 1.54) is 70.6 Å². The minimum Gasteiger partial charge on any atom is -0.462 e. The molecule has 4 aliphatic heterocycles. The predicted octanol–water partition coefficient (Wildman–Crippen LogP) is 10.00. The zero-order valence-corrected chi connectivity index (χ0v) is 33.6. The van der Waals surface area contributed by atoms with Crippen LogP contribution in [0.3, 0.4) is 0 Å². The zero-order chi connectivity index (χ0) is 35.8. The van der Waals surface area contributed by atoms with Crippen molar-refractivity contribution in [1.82, 2.24) is 0 Å². The number of ketones is 1. The van der Waals surface area contributed by atoms with Crippen molar-refractivity contribution in [3.8, 4) is 0 Å². The molecule has 0 N–H and O–H groups in total. The monoisotopic (exact) mass is 723 g/mol. The van der Waals surface area contributed by atoms with Gasteiger partial charge in [-0.15, -0.1) is 0 Å². The van der Waals surface area contributed by atoms with Crippen LogP contribution in [0.1, 0.15) is 168 Å². The van der Waals surface area contributed by atoms with E-state index in [9.17, 15) is 9.59 Å². The van der Waals surface area contributed by atoms with Crippen molar-refractivity contribution in [3.63, 3.8) is 0 Å². The van der Waals surface area contributed by atoms with Gasteiger partial charge in [0.2, 0.25) is 0 Å². The maximum Gasteiger partial charge on any atom is 0.309 e. The van der Waals surface area contributed by atoms with E-state index in [0.717, 1.165) is 70.6 Å². The average Bonchev–Trinajstić information content (AvgIpc) is 3.78. The number of ether oxygens (including phenoxy) is 5. The molecule has 4 fully saturated rings. The lowest BCUT2D eigenvalue weighted by atomic mass is 9.96. The first-order valence-electron chi connectivity index (χ1n) is 21.0. The molecule has 4 aliphatic rings. The Hall–Kier alpha value is -0.843. The van der Waals surface area contributed by atoms with Gasteiger partial charge in [-0.2, -0.15) is 0 Å². The molecule has 9 atom stereocenters. The Labute approximate surface area is 306 Å². The van der Waals surface area contributed by atoms with Gasteiger partial charge >= 0.3 is 5.97 Å². The first-order chi connectivity index (χ1) is 24.1. The normalized spacial score (nSPS) is 31.2. The Morgan fingerprint density at radius 2 is 1.28 bits per heavy atom. The number of carbonyl (C=O) groups is 2. The van der Waals surface area contributed by atoms with E-state index >= 15 is 0 Å². The zero-order valence-electron chi connectivity index (χ0n) is 32.6. The summed E-state index contributed by atoms with van der Waals surface area (Å²) >= 11 is 0. The van der Waals surface area contributed by atoms with Crippen LogP contribution in [-0.2, 0) is 37.7 Å². The van der Waals surface area contributed by atoms with E-state index in [4.69, 9.17) is 28.1 Å². The highest BCUT2D eigenvalue weighted by Gasteiger charge is 2.41.